The number of nitrogens with two attached hydrogens (primary N) is 1. The van der Waals surface area contributed by atoms with E-state index in [1.54, 1.807) is 0 Å². The number of primary amides is 1. The van der Waals surface area contributed by atoms with Crippen LogP contribution in [0.25, 0.3) is 0 Å². The van der Waals surface area contributed by atoms with Crippen molar-refractivity contribution in [3.63, 3.8) is 0 Å². The number of unbranched alkanes of at least 4 members (excludes halogenated alkanes) is 1. The van der Waals surface area contributed by atoms with Crippen LogP contribution >= 0.6 is 0 Å². The molecule has 1 aromatic carbocycles. The van der Waals surface area contributed by atoms with E-state index in [1.807, 2.05) is 24.3 Å². The fourth-order valence-electron chi connectivity index (χ4n) is 3.32. The van der Waals surface area contributed by atoms with Crippen LogP contribution in [-0.2, 0) is 6.54 Å². The van der Waals surface area contributed by atoms with Crippen LogP contribution in [0.1, 0.15) is 48.5 Å². The average molecular weight is 317 g/mol. The predicted octanol–water partition coefficient (Wildman–Crippen LogP) is 2.73. The van der Waals surface area contributed by atoms with E-state index in [-0.39, 0.29) is 5.91 Å². The van der Waals surface area contributed by atoms with Crippen LogP contribution in [0.4, 0.5) is 0 Å². The fourth-order valence-corrected chi connectivity index (χ4v) is 3.32. The Hall–Kier alpha value is -1.39. The third kappa shape index (κ3) is 5.96. The maximum atomic E-state index is 11.1. The number of carbonyl (C=O) groups is 1. The Morgan fingerprint density at radius 3 is 2.48 bits per heavy atom. The first kappa shape index (κ1) is 18.0. The number of piperidine rings is 1. The zero-order valence-corrected chi connectivity index (χ0v) is 14.6. The molecule has 4 heteroatoms. The lowest BCUT2D eigenvalue weighted by Crippen LogP contribution is -2.37. The Kier molecular flexibility index (Phi) is 7.06. The molecule has 1 fully saturated rings. The van der Waals surface area contributed by atoms with Gasteiger partial charge in [-0.05, 0) is 69.6 Å². The first-order valence-corrected chi connectivity index (χ1v) is 8.88. The van der Waals surface area contributed by atoms with Crippen LogP contribution in [0.3, 0.4) is 0 Å². The summed E-state index contributed by atoms with van der Waals surface area (Å²) in [7, 11) is 2.25. The van der Waals surface area contributed by atoms with Crippen molar-refractivity contribution in [1.82, 2.24) is 9.80 Å². The van der Waals surface area contributed by atoms with Crippen molar-refractivity contribution in [2.75, 3.05) is 33.2 Å². The smallest absolute Gasteiger partial charge is 0.248 e. The van der Waals surface area contributed by atoms with Crippen molar-refractivity contribution < 1.29 is 4.79 Å². The maximum absolute atomic E-state index is 11.1. The topological polar surface area (TPSA) is 49.6 Å². The van der Waals surface area contributed by atoms with Gasteiger partial charge in [-0.15, -0.1) is 0 Å². The summed E-state index contributed by atoms with van der Waals surface area (Å²) in [6.07, 6.45) is 5.15. The Bertz CT molecular complexity index is 478. The average Bonchev–Trinajstić information content (AvgIpc) is 2.55. The summed E-state index contributed by atoms with van der Waals surface area (Å²) in [5, 5.41) is 0. The molecule has 2 N–H and O–H groups in total. The lowest BCUT2D eigenvalue weighted by Gasteiger charge is -2.34. The van der Waals surface area contributed by atoms with Crippen molar-refractivity contribution in [1.29, 1.82) is 0 Å². The van der Waals surface area contributed by atoms with E-state index < -0.39 is 0 Å². The van der Waals surface area contributed by atoms with E-state index in [1.165, 1.54) is 57.4 Å². The van der Waals surface area contributed by atoms with Gasteiger partial charge in [0.05, 0.1) is 0 Å². The Morgan fingerprint density at radius 1 is 1.26 bits per heavy atom. The monoisotopic (exact) mass is 317 g/mol. The molecule has 0 atom stereocenters. The molecule has 128 valence electrons. The summed E-state index contributed by atoms with van der Waals surface area (Å²) in [6.45, 7) is 8.03. The molecule has 0 aliphatic carbocycles. The molecule has 0 radical (unpaired) electrons. The molecule has 2 rings (SSSR count). The summed E-state index contributed by atoms with van der Waals surface area (Å²) in [4.78, 5) is 16.1. The molecule has 1 saturated heterocycles. The highest BCUT2D eigenvalue weighted by Crippen LogP contribution is 2.20. The van der Waals surface area contributed by atoms with Crippen LogP contribution in [0.15, 0.2) is 24.3 Å². The minimum atomic E-state index is -0.357. The highest BCUT2D eigenvalue weighted by molar-refractivity contribution is 5.92. The molecule has 1 aliphatic rings. The normalized spacial score (nSPS) is 16.8. The Balaban J connectivity index is 1.73. The zero-order valence-electron chi connectivity index (χ0n) is 14.6. The van der Waals surface area contributed by atoms with Crippen LogP contribution in [0, 0.1) is 5.92 Å². The second-order valence-electron chi connectivity index (χ2n) is 6.90. The van der Waals surface area contributed by atoms with Gasteiger partial charge in [0.2, 0.25) is 5.91 Å². The molecule has 0 saturated carbocycles. The van der Waals surface area contributed by atoms with Crippen LogP contribution in [-0.4, -0.2) is 48.9 Å². The second kappa shape index (κ2) is 9.04. The summed E-state index contributed by atoms with van der Waals surface area (Å²) >= 11 is 0. The molecular weight excluding hydrogens is 286 g/mol. The van der Waals surface area contributed by atoms with Crippen molar-refractivity contribution in [3.8, 4) is 0 Å². The zero-order chi connectivity index (χ0) is 16.7. The quantitative estimate of drug-likeness (QED) is 0.802. The number of rotatable bonds is 8. The summed E-state index contributed by atoms with van der Waals surface area (Å²) in [5.41, 5.74) is 7.12. The number of nitrogens with zero attached hydrogens (tertiary/aromatic N) is 2. The van der Waals surface area contributed by atoms with Gasteiger partial charge in [0.15, 0.2) is 0 Å². The van der Waals surface area contributed by atoms with E-state index in [9.17, 15) is 4.79 Å². The van der Waals surface area contributed by atoms with Gasteiger partial charge in [0, 0.05) is 18.7 Å². The lowest BCUT2D eigenvalue weighted by molar-refractivity contribution is 0.1000. The van der Waals surface area contributed by atoms with E-state index in [4.69, 9.17) is 5.73 Å². The second-order valence-corrected chi connectivity index (χ2v) is 6.90. The van der Waals surface area contributed by atoms with E-state index in [0.29, 0.717) is 5.56 Å². The number of benzene rings is 1. The number of carbonyl (C=O) groups excluding carboxylic acids is 1. The molecule has 0 unspecified atom stereocenters. The number of hydrogen-bond acceptors (Lipinski definition) is 3. The number of likely N-dealkylation sites (tertiary alicyclic amines) is 1. The van der Waals surface area contributed by atoms with E-state index >= 15 is 0 Å². The Labute approximate surface area is 140 Å². The summed E-state index contributed by atoms with van der Waals surface area (Å²) in [5.74, 6) is 0.481. The molecule has 1 heterocycles. The fraction of sp³-hybridized carbons (Fsp3) is 0.632. The van der Waals surface area contributed by atoms with Gasteiger partial charge in [-0.1, -0.05) is 25.5 Å². The van der Waals surface area contributed by atoms with Gasteiger partial charge < -0.3 is 10.6 Å². The molecule has 1 amide bonds. The lowest BCUT2D eigenvalue weighted by atomic mass is 9.95. The van der Waals surface area contributed by atoms with E-state index in [2.05, 4.69) is 23.8 Å². The molecule has 23 heavy (non-hydrogen) atoms. The summed E-state index contributed by atoms with van der Waals surface area (Å²) in [6, 6.07) is 7.69. The highest BCUT2D eigenvalue weighted by Gasteiger charge is 2.20. The maximum Gasteiger partial charge on any atom is 0.248 e. The van der Waals surface area contributed by atoms with Gasteiger partial charge in [0.1, 0.15) is 0 Å². The first-order valence-electron chi connectivity index (χ1n) is 8.88. The van der Waals surface area contributed by atoms with Gasteiger partial charge in [-0.25, -0.2) is 0 Å². The largest absolute Gasteiger partial charge is 0.366 e. The molecular formula is C19H31N3O. The number of hydrogen-bond donors (Lipinski definition) is 1. The third-order valence-electron chi connectivity index (χ3n) is 4.82. The molecule has 1 aromatic rings. The predicted molar refractivity (Wildman–Crippen MR) is 95.4 cm³/mol. The minimum Gasteiger partial charge on any atom is -0.366 e. The molecule has 0 spiro atoms. The molecule has 4 nitrogen and oxygen atoms in total. The standard InChI is InChI=1S/C19H31N3O/c1-3-4-11-21(2)14-17-9-12-22(13-10-17)15-16-5-7-18(8-6-16)19(20)23/h5-8,17H,3-4,9-15H2,1-2H3,(H2,20,23). The number of amides is 1. The van der Waals surface area contributed by atoms with Gasteiger partial charge >= 0.3 is 0 Å². The third-order valence-corrected chi connectivity index (χ3v) is 4.82. The molecule has 1 aliphatic heterocycles. The summed E-state index contributed by atoms with van der Waals surface area (Å²) < 4.78 is 0. The van der Waals surface area contributed by atoms with Gasteiger partial charge in [-0.2, -0.15) is 0 Å². The van der Waals surface area contributed by atoms with Gasteiger partial charge in [-0.3, -0.25) is 9.69 Å². The van der Waals surface area contributed by atoms with Crippen LogP contribution < -0.4 is 5.73 Å². The van der Waals surface area contributed by atoms with Crippen molar-refractivity contribution in [3.05, 3.63) is 35.4 Å². The first-order chi connectivity index (χ1) is 11.1. The molecule has 0 bridgehead atoms. The molecule has 0 aromatic heterocycles. The minimum absolute atomic E-state index is 0.357. The SMILES string of the molecule is CCCCN(C)CC1CCN(Cc2ccc(C(N)=O)cc2)CC1. The van der Waals surface area contributed by atoms with Gasteiger partial charge in [0.25, 0.3) is 0 Å². The van der Waals surface area contributed by atoms with Crippen LogP contribution in [0.5, 0.6) is 0 Å². The van der Waals surface area contributed by atoms with Crippen molar-refractivity contribution >= 4 is 5.91 Å². The highest BCUT2D eigenvalue weighted by atomic mass is 16.1. The van der Waals surface area contributed by atoms with Crippen molar-refractivity contribution in [2.45, 2.75) is 39.2 Å². The van der Waals surface area contributed by atoms with Crippen molar-refractivity contribution in [2.24, 2.45) is 11.7 Å². The van der Waals surface area contributed by atoms with Crippen LogP contribution in [0.2, 0.25) is 0 Å². The van der Waals surface area contributed by atoms with E-state index in [0.717, 1.165) is 12.5 Å². The Morgan fingerprint density at radius 2 is 1.91 bits per heavy atom.